The summed E-state index contributed by atoms with van der Waals surface area (Å²) in [5, 5.41) is 11.5. The Bertz CT molecular complexity index is 648. The van der Waals surface area contributed by atoms with Crippen molar-refractivity contribution in [3.8, 4) is 17.6 Å². The van der Waals surface area contributed by atoms with Crippen molar-refractivity contribution in [2.75, 3.05) is 5.32 Å². The van der Waals surface area contributed by atoms with Crippen LogP contribution in [0.2, 0.25) is 5.02 Å². The minimum atomic E-state index is -0.340. The van der Waals surface area contributed by atoms with Crippen LogP contribution in [-0.2, 0) is 4.79 Å². The van der Waals surface area contributed by atoms with Gasteiger partial charge in [-0.2, -0.15) is 5.26 Å². The average Bonchev–Trinajstić information content (AvgIpc) is 2.44. The number of amides is 1. The molecule has 2 rings (SSSR count). The van der Waals surface area contributed by atoms with Crippen LogP contribution in [-0.4, -0.2) is 5.91 Å². The van der Waals surface area contributed by atoms with Crippen molar-refractivity contribution in [2.24, 2.45) is 0 Å². The van der Waals surface area contributed by atoms with Gasteiger partial charge in [-0.15, -0.1) is 0 Å². The van der Waals surface area contributed by atoms with Crippen LogP contribution in [0.4, 0.5) is 5.69 Å². The molecule has 4 nitrogen and oxygen atoms in total. The SMILES string of the molecule is N#CCC(=O)Nc1ccc(Oc2ccccc2Cl)cc1. The number of carbonyl (C=O) groups is 1. The molecule has 0 unspecified atom stereocenters. The summed E-state index contributed by atoms with van der Waals surface area (Å²) in [5.41, 5.74) is 0.608. The number of hydrogen-bond acceptors (Lipinski definition) is 3. The predicted molar refractivity (Wildman–Crippen MR) is 76.8 cm³/mol. The van der Waals surface area contributed by atoms with Crippen LogP contribution in [0.5, 0.6) is 11.5 Å². The maximum Gasteiger partial charge on any atom is 0.238 e. The highest BCUT2D eigenvalue weighted by Gasteiger charge is 2.04. The molecule has 0 spiro atoms. The first-order chi connectivity index (χ1) is 9.69. The van der Waals surface area contributed by atoms with E-state index in [9.17, 15) is 4.79 Å². The summed E-state index contributed by atoms with van der Waals surface area (Å²) in [6.07, 6.45) is -0.169. The van der Waals surface area contributed by atoms with Crippen LogP contribution < -0.4 is 10.1 Å². The third kappa shape index (κ3) is 3.74. The van der Waals surface area contributed by atoms with E-state index in [2.05, 4.69) is 5.32 Å². The average molecular weight is 287 g/mol. The lowest BCUT2D eigenvalue weighted by Gasteiger charge is -2.08. The minimum Gasteiger partial charge on any atom is -0.456 e. The number of nitriles is 1. The minimum absolute atomic E-state index is 0.169. The van der Waals surface area contributed by atoms with E-state index in [1.54, 1.807) is 42.5 Å². The van der Waals surface area contributed by atoms with Crippen LogP contribution in [0.15, 0.2) is 48.5 Å². The maximum absolute atomic E-state index is 11.3. The fourth-order valence-electron chi connectivity index (χ4n) is 1.54. The van der Waals surface area contributed by atoms with Crippen molar-refractivity contribution in [3.63, 3.8) is 0 Å². The van der Waals surface area contributed by atoms with Crippen LogP contribution in [0, 0.1) is 11.3 Å². The second-order valence-electron chi connectivity index (χ2n) is 3.94. The molecule has 0 heterocycles. The Balaban J connectivity index is 2.04. The highest BCUT2D eigenvalue weighted by molar-refractivity contribution is 6.32. The number of halogens is 1. The fourth-order valence-corrected chi connectivity index (χ4v) is 1.71. The number of nitrogens with one attached hydrogen (secondary N) is 1. The summed E-state index contributed by atoms with van der Waals surface area (Å²) in [6.45, 7) is 0. The van der Waals surface area contributed by atoms with Gasteiger partial charge in [0.2, 0.25) is 5.91 Å². The van der Waals surface area contributed by atoms with Crippen LogP contribution >= 0.6 is 11.6 Å². The monoisotopic (exact) mass is 286 g/mol. The molecule has 0 bridgehead atoms. The number of benzene rings is 2. The summed E-state index contributed by atoms with van der Waals surface area (Å²) in [7, 11) is 0. The number of ether oxygens (including phenoxy) is 1. The molecule has 0 radical (unpaired) electrons. The number of rotatable bonds is 4. The molecule has 100 valence electrons. The van der Waals surface area contributed by atoms with E-state index in [0.717, 1.165) is 0 Å². The van der Waals surface area contributed by atoms with Crippen molar-refractivity contribution >= 4 is 23.2 Å². The van der Waals surface area contributed by atoms with E-state index in [1.165, 1.54) is 0 Å². The van der Waals surface area contributed by atoms with Crippen molar-refractivity contribution < 1.29 is 9.53 Å². The second kappa shape index (κ2) is 6.60. The van der Waals surface area contributed by atoms with Crippen molar-refractivity contribution in [1.29, 1.82) is 5.26 Å². The smallest absolute Gasteiger partial charge is 0.238 e. The molecule has 20 heavy (non-hydrogen) atoms. The van der Waals surface area contributed by atoms with Gasteiger partial charge < -0.3 is 10.1 Å². The van der Waals surface area contributed by atoms with E-state index in [0.29, 0.717) is 22.2 Å². The van der Waals surface area contributed by atoms with Gasteiger partial charge in [-0.25, -0.2) is 0 Å². The molecule has 0 aliphatic heterocycles. The summed E-state index contributed by atoms with van der Waals surface area (Å²) >= 11 is 6.00. The zero-order valence-corrected chi connectivity index (χ0v) is 11.2. The lowest BCUT2D eigenvalue weighted by atomic mass is 10.3. The highest BCUT2D eigenvalue weighted by atomic mass is 35.5. The summed E-state index contributed by atoms with van der Waals surface area (Å²) in [4.78, 5) is 11.3. The highest BCUT2D eigenvalue weighted by Crippen LogP contribution is 2.29. The summed E-state index contributed by atoms with van der Waals surface area (Å²) in [5.74, 6) is 0.832. The second-order valence-corrected chi connectivity index (χ2v) is 4.35. The molecular weight excluding hydrogens is 276 g/mol. The van der Waals surface area contributed by atoms with Crippen molar-refractivity contribution in [3.05, 3.63) is 53.6 Å². The molecule has 0 aromatic heterocycles. The van der Waals surface area contributed by atoms with Gasteiger partial charge in [-0.05, 0) is 36.4 Å². The Morgan fingerprint density at radius 1 is 1.20 bits per heavy atom. The first kappa shape index (κ1) is 13.9. The predicted octanol–water partition coefficient (Wildman–Crippen LogP) is 3.98. The lowest BCUT2D eigenvalue weighted by molar-refractivity contribution is -0.115. The van der Waals surface area contributed by atoms with Gasteiger partial charge in [-0.3, -0.25) is 4.79 Å². The molecule has 0 saturated carbocycles. The van der Waals surface area contributed by atoms with Gasteiger partial charge >= 0.3 is 0 Å². The molecule has 0 atom stereocenters. The van der Waals surface area contributed by atoms with E-state index < -0.39 is 0 Å². The lowest BCUT2D eigenvalue weighted by Crippen LogP contribution is -2.09. The topological polar surface area (TPSA) is 62.1 Å². The fraction of sp³-hybridized carbons (Fsp3) is 0.0667. The molecule has 0 saturated heterocycles. The van der Waals surface area contributed by atoms with Crippen LogP contribution in [0.3, 0.4) is 0 Å². The third-order valence-electron chi connectivity index (χ3n) is 2.44. The zero-order chi connectivity index (χ0) is 14.4. The van der Waals surface area contributed by atoms with Gasteiger partial charge in [0.25, 0.3) is 0 Å². The van der Waals surface area contributed by atoms with Gasteiger partial charge in [0.1, 0.15) is 17.9 Å². The first-order valence-electron chi connectivity index (χ1n) is 5.88. The number of carbonyl (C=O) groups excluding carboxylic acids is 1. The Labute approximate surface area is 121 Å². The van der Waals surface area contributed by atoms with Crippen molar-refractivity contribution in [2.45, 2.75) is 6.42 Å². The van der Waals surface area contributed by atoms with Gasteiger partial charge in [0, 0.05) is 5.69 Å². The summed E-state index contributed by atoms with van der Waals surface area (Å²) < 4.78 is 5.62. The number of nitrogens with zero attached hydrogens (tertiary/aromatic N) is 1. The van der Waals surface area contributed by atoms with E-state index in [-0.39, 0.29) is 12.3 Å². The molecule has 1 amide bonds. The number of hydrogen-bond donors (Lipinski definition) is 1. The first-order valence-corrected chi connectivity index (χ1v) is 6.26. The molecule has 0 aliphatic carbocycles. The van der Waals surface area contributed by atoms with Gasteiger partial charge in [0.15, 0.2) is 0 Å². The maximum atomic E-state index is 11.3. The molecule has 2 aromatic carbocycles. The molecular formula is C15H11ClN2O2. The van der Waals surface area contributed by atoms with Gasteiger partial charge in [-0.1, -0.05) is 23.7 Å². The van der Waals surface area contributed by atoms with Crippen LogP contribution in [0.1, 0.15) is 6.42 Å². The molecule has 1 N–H and O–H groups in total. The zero-order valence-electron chi connectivity index (χ0n) is 10.5. The molecule has 2 aromatic rings. The largest absolute Gasteiger partial charge is 0.456 e. The Morgan fingerprint density at radius 3 is 2.55 bits per heavy atom. The normalized spacial score (nSPS) is 9.60. The third-order valence-corrected chi connectivity index (χ3v) is 2.75. The van der Waals surface area contributed by atoms with E-state index in [1.807, 2.05) is 12.1 Å². The standard InChI is InChI=1S/C15H11ClN2O2/c16-13-3-1-2-4-14(13)20-12-7-5-11(6-8-12)18-15(19)9-10-17/h1-8H,9H2,(H,18,19). The van der Waals surface area contributed by atoms with Gasteiger partial charge in [0.05, 0.1) is 11.1 Å². The quantitative estimate of drug-likeness (QED) is 0.924. The Morgan fingerprint density at radius 2 is 1.90 bits per heavy atom. The number of para-hydroxylation sites is 1. The van der Waals surface area contributed by atoms with Crippen molar-refractivity contribution in [1.82, 2.24) is 0 Å². The Hall–Kier alpha value is -2.51. The molecule has 0 fully saturated rings. The van der Waals surface area contributed by atoms with E-state index >= 15 is 0 Å². The molecule has 0 aliphatic rings. The Kier molecular flexibility index (Phi) is 4.59. The number of anilines is 1. The van der Waals surface area contributed by atoms with E-state index in [4.69, 9.17) is 21.6 Å². The summed E-state index contributed by atoms with van der Waals surface area (Å²) in [6, 6.07) is 15.8. The van der Waals surface area contributed by atoms with Crippen LogP contribution in [0.25, 0.3) is 0 Å². The molecule has 5 heteroatoms.